The topological polar surface area (TPSA) is 55.1 Å². The van der Waals surface area contributed by atoms with Crippen molar-refractivity contribution in [3.63, 3.8) is 0 Å². The van der Waals surface area contributed by atoms with Gasteiger partial charge in [0.2, 0.25) is 5.91 Å². The van der Waals surface area contributed by atoms with Crippen molar-refractivity contribution in [1.82, 2.24) is 5.32 Å². The molecule has 2 aliphatic rings. The van der Waals surface area contributed by atoms with E-state index in [0.29, 0.717) is 18.4 Å². The van der Waals surface area contributed by atoms with E-state index in [0.717, 1.165) is 19.3 Å². The number of nitrogens with one attached hydrogen (secondary N) is 1. The summed E-state index contributed by atoms with van der Waals surface area (Å²) in [6.45, 7) is 2.24. The van der Waals surface area contributed by atoms with Crippen molar-refractivity contribution in [1.29, 1.82) is 0 Å². The molecule has 3 heteroatoms. The fourth-order valence-corrected chi connectivity index (χ4v) is 2.92. The van der Waals surface area contributed by atoms with Gasteiger partial charge in [-0.25, -0.2) is 0 Å². The van der Waals surface area contributed by atoms with Crippen LogP contribution in [-0.2, 0) is 4.79 Å². The fourth-order valence-electron chi connectivity index (χ4n) is 2.92. The van der Waals surface area contributed by atoms with Gasteiger partial charge in [-0.1, -0.05) is 19.8 Å². The minimum atomic E-state index is -0.179. The highest BCUT2D eigenvalue weighted by atomic mass is 16.1. The molecule has 0 bridgehead atoms. The van der Waals surface area contributed by atoms with Crippen molar-refractivity contribution in [3.05, 3.63) is 0 Å². The Labute approximate surface area is 98.2 Å². The lowest BCUT2D eigenvalue weighted by Crippen LogP contribution is -2.51. The molecule has 0 aromatic carbocycles. The molecule has 2 atom stereocenters. The summed E-state index contributed by atoms with van der Waals surface area (Å²) in [6.07, 6.45) is 8.70. The maximum absolute atomic E-state index is 11.9. The number of amides is 1. The lowest BCUT2D eigenvalue weighted by atomic mass is 9.75. The van der Waals surface area contributed by atoms with Crippen molar-refractivity contribution in [3.8, 4) is 0 Å². The van der Waals surface area contributed by atoms with Gasteiger partial charge in [0.15, 0.2) is 0 Å². The van der Waals surface area contributed by atoms with E-state index in [1.165, 1.54) is 25.7 Å². The fraction of sp³-hybridized carbons (Fsp3) is 0.923. The van der Waals surface area contributed by atoms with Crippen LogP contribution >= 0.6 is 0 Å². The summed E-state index contributed by atoms with van der Waals surface area (Å²) < 4.78 is 0. The van der Waals surface area contributed by atoms with Gasteiger partial charge < -0.3 is 11.1 Å². The second-order valence-corrected chi connectivity index (χ2v) is 5.83. The van der Waals surface area contributed by atoms with Crippen LogP contribution in [0.1, 0.15) is 58.3 Å². The number of hydrogen-bond acceptors (Lipinski definition) is 2. The van der Waals surface area contributed by atoms with Crippen molar-refractivity contribution < 1.29 is 4.79 Å². The molecule has 1 amide bonds. The molecule has 2 aliphatic carbocycles. The van der Waals surface area contributed by atoms with Crippen LogP contribution < -0.4 is 11.1 Å². The molecule has 0 saturated heterocycles. The van der Waals surface area contributed by atoms with E-state index in [1.54, 1.807) is 0 Å². The number of carbonyl (C=O) groups is 1. The molecule has 2 fully saturated rings. The predicted octanol–water partition coefficient (Wildman–Crippen LogP) is 1.95. The molecule has 92 valence electrons. The van der Waals surface area contributed by atoms with Crippen LogP contribution in [0.25, 0.3) is 0 Å². The van der Waals surface area contributed by atoms with E-state index in [4.69, 9.17) is 5.73 Å². The van der Waals surface area contributed by atoms with Crippen molar-refractivity contribution in [2.45, 2.75) is 69.9 Å². The summed E-state index contributed by atoms with van der Waals surface area (Å²) in [5.74, 6) is 0.800. The summed E-state index contributed by atoms with van der Waals surface area (Å²) in [5.41, 5.74) is 5.90. The summed E-state index contributed by atoms with van der Waals surface area (Å²) in [5, 5.41) is 3.17. The first-order valence-corrected chi connectivity index (χ1v) is 6.67. The maximum Gasteiger partial charge on any atom is 0.222 e. The van der Waals surface area contributed by atoms with Crippen LogP contribution in [0.5, 0.6) is 0 Å². The van der Waals surface area contributed by atoms with Crippen molar-refractivity contribution >= 4 is 5.91 Å². The molecule has 0 aliphatic heterocycles. The zero-order valence-electron chi connectivity index (χ0n) is 10.3. The molecular weight excluding hydrogens is 200 g/mol. The normalized spacial score (nSPS) is 32.9. The molecule has 3 N–H and O–H groups in total. The Hall–Kier alpha value is -0.570. The van der Waals surface area contributed by atoms with Crippen LogP contribution in [0.2, 0.25) is 0 Å². The Balaban J connectivity index is 1.77. The first-order chi connectivity index (χ1) is 7.59. The SMILES string of the molecule is CC1CCCCC1NC(=O)CC1(N)CCC1. The molecule has 2 rings (SSSR count). The predicted molar refractivity (Wildman–Crippen MR) is 64.9 cm³/mol. The van der Waals surface area contributed by atoms with Gasteiger partial charge in [-0.3, -0.25) is 4.79 Å². The third-order valence-electron chi connectivity index (χ3n) is 4.32. The minimum Gasteiger partial charge on any atom is -0.353 e. The zero-order chi connectivity index (χ0) is 11.6. The monoisotopic (exact) mass is 224 g/mol. The third kappa shape index (κ3) is 2.76. The molecule has 2 saturated carbocycles. The van der Waals surface area contributed by atoms with Gasteiger partial charge in [-0.15, -0.1) is 0 Å². The second-order valence-electron chi connectivity index (χ2n) is 5.83. The highest BCUT2D eigenvalue weighted by Gasteiger charge is 2.35. The van der Waals surface area contributed by atoms with Gasteiger partial charge in [-0.2, -0.15) is 0 Å². The lowest BCUT2D eigenvalue weighted by molar-refractivity contribution is -0.124. The second kappa shape index (κ2) is 4.74. The Morgan fingerprint density at radius 3 is 2.56 bits per heavy atom. The summed E-state index contributed by atoms with van der Waals surface area (Å²) >= 11 is 0. The summed E-state index contributed by atoms with van der Waals surface area (Å²) in [6, 6.07) is 0.393. The summed E-state index contributed by atoms with van der Waals surface area (Å²) in [7, 11) is 0. The molecule has 0 radical (unpaired) electrons. The Kier molecular flexibility index (Phi) is 3.53. The van der Waals surface area contributed by atoms with Crippen LogP contribution in [-0.4, -0.2) is 17.5 Å². The van der Waals surface area contributed by atoms with Crippen molar-refractivity contribution in [2.24, 2.45) is 11.7 Å². The van der Waals surface area contributed by atoms with Gasteiger partial charge >= 0.3 is 0 Å². The van der Waals surface area contributed by atoms with Gasteiger partial charge in [0.25, 0.3) is 0 Å². The molecule has 16 heavy (non-hydrogen) atoms. The maximum atomic E-state index is 11.9. The standard InChI is InChI=1S/C13H24N2O/c1-10-5-2-3-6-11(10)15-12(16)9-13(14)7-4-8-13/h10-11H,2-9,14H2,1H3,(H,15,16). The van der Waals surface area contributed by atoms with E-state index < -0.39 is 0 Å². The van der Waals surface area contributed by atoms with Crippen LogP contribution in [0.15, 0.2) is 0 Å². The van der Waals surface area contributed by atoms with E-state index in [2.05, 4.69) is 12.2 Å². The van der Waals surface area contributed by atoms with Gasteiger partial charge in [0, 0.05) is 18.0 Å². The molecular formula is C13H24N2O. The summed E-state index contributed by atoms with van der Waals surface area (Å²) in [4.78, 5) is 11.9. The number of carbonyl (C=O) groups excluding carboxylic acids is 1. The van der Waals surface area contributed by atoms with Gasteiger partial charge in [0.05, 0.1) is 0 Å². The van der Waals surface area contributed by atoms with Gasteiger partial charge in [-0.05, 0) is 38.0 Å². The number of rotatable bonds is 3. The Bertz CT molecular complexity index is 261. The molecule has 0 heterocycles. The first kappa shape index (κ1) is 11.9. The molecule has 0 aromatic rings. The average Bonchev–Trinajstić information content (AvgIpc) is 2.19. The number of nitrogens with two attached hydrogens (primary N) is 1. The first-order valence-electron chi connectivity index (χ1n) is 6.67. The molecule has 3 nitrogen and oxygen atoms in total. The van der Waals surface area contributed by atoms with Crippen molar-refractivity contribution in [2.75, 3.05) is 0 Å². The average molecular weight is 224 g/mol. The van der Waals surface area contributed by atoms with Crippen LogP contribution in [0.3, 0.4) is 0 Å². The van der Waals surface area contributed by atoms with E-state index in [-0.39, 0.29) is 11.4 Å². The van der Waals surface area contributed by atoms with E-state index in [9.17, 15) is 4.79 Å². The Morgan fingerprint density at radius 2 is 2.00 bits per heavy atom. The minimum absolute atomic E-state index is 0.168. The number of hydrogen-bond donors (Lipinski definition) is 2. The Morgan fingerprint density at radius 1 is 1.31 bits per heavy atom. The molecule has 0 spiro atoms. The quantitative estimate of drug-likeness (QED) is 0.770. The highest BCUT2D eigenvalue weighted by molar-refractivity contribution is 5.77. The molecule has 0 aromatic heterocycles. The highest BCUT2D eigenvalue weighted by Crippen LogP contribution is 2.32. The van der Waals surface area contributed by atoms with E-state index in [1.807, 2.05) is 0 Å². The largest absolute Gasteiger partial charge is 0.353 e. The third-order valence-corrected chi connectivity index (χ3v) is 4.32. The van der Waals surface area contributed by atoms with Crippen LogP contribution in [0.4, 0.5) is 0 Å². The molecule has 2 unspecified atom stereocenters. The van der Waals surface area contributed by atoms with E-state index >= 15 is 0 Å². The zero-order valence-corrected chi connectivity index (χ0v) is 10.3. The van der Waals surface area contributed by atoms with Crippen LogP contribution in [0, 0.1) is 5.92 Å². The lowest BCUT2D eigenvalue weighted by Gasteiger charge is -2.38. The smallest absolute Gasteiger partial charge is 0.222 e. The van der Waals surface area contributed by atoms with Gasteiger partial charge in [0.1, 0.15) is 0 Å².